The van der Waals surface area contributed by atoms with Gasteiger partial charge in [0.15, 0.2) is 5.65 Å². The van der Waals surface area contributed by atoms with E-state index < -0.39 is 0 Å². The molecule has 2 aliphatic heterocycles. The van der Waals surface area contributed by atoms with Crippen LogP contribution in [-0.4, -0.2) is 52.1 Å². The summed E-state index contributed by atoms with van der Waals surface area (Å²) >= 11 is 0. The average molecular weight is 363 g/mol. The lowest BCUT2D eigenvalue weighted by Crippen LogP contribution is -2.35. The van der Waals surface area contributed by atoms with Gasteiger partial charge in [0.1, 0.15) is 12.1 Å². The van der Waals surface area contributed by atoms with Crippen molar-refractivity contribution in [1.82, 2.24) is 24.8 Å². The van der Waals surface area contributed by atoms with E-state index in [2.05, 4.69) is 27.6 Å². The lowest BCUT2D eigenvalue weighted by Gasteiger charge is -2.28. The van der Waals surface area contributed by atoms with Crippen LogP contribution in [0.2, 0.25) is 0 Å². The van der Waals surface area contributed by atoms with E-state index in [1.165, 1.54) is 0 Å². The Morgan fingerprint density at radius 1 is 1.22 bits per heavy atom. The standard InChI is InChI=1S/C20H21N5O2/c1-27-15-6-4-13(5-7-15)18-17-10-21-9-14(17)11-25(18)20(26)16-3-2-8-24-12-22-23-19(16)24/h2-8,12,14,17-18,21H,9-11H2,1H3/t14-,17-,18+/m0/s1. The highest BCUT2D eigenvalue weighted by atomic mass is 16.5. The number of nitrogens with one attached hydrogen (secondary N) is 1. The summed E-state index contributed by atoms with van der Waals surface area (Å²) in [4.78, 5) is 15.5. The van der Waals surface area contributed by atoms with Crippen molar-refractivity contribution in [1.29, 1.82) is 0 Å². The quantitative estimate of drug-likeness (QED) is 0.768. The van der Waals surface area contributed by atoms with Crippen LogP contribution in [0.4, 0.5) is 0 Å². The van der Waals surface area contributed by atoms with Gasteiger partial charge in [-0.2, -0.15) is 0 Å². The van der Waals surface area contributed by atoms with Crippen LogP contribution < -0.4 is 10.1 Å². The van der Waals surface area contributed by atoms with E-state index in [-0.39, 0.29) is 11.9 Å². The smallest absolute Gasteiger partial charge is 0.258 e. The Kier molecular flexibility index (Phi) is 3.82. The molecule has 1 amide bonds. The monoisotopic (exact) mass is 363 g/mol. The van der Waals surface area contributed by atoms with Gasteiger partial charge in [0.2, 0.25) is 0 Å². The molecule has 0 radical (unpaired) electrons. The molecule has 2 fully saturated rings. The first-order valence-corrected chi connectivity index (χ1v) is 9.20. The maximum atomic E-state index is 13.5. The predicted octanol–water partition coefficient (Wildman–Crippen LogP) is 1.77. The van der Waals surface area contributed by atoms with E-state index in [1.807, 2.05) is 35.4 Å². The van der Waals surface area contributed by atoms with Gasteiger partial charge in [-0.1, -0.05) is 12.1 Å². The van der Waals surface area contributed by atoms with Crippen LogP contribution in [0.1, 0.15) is 22.0 Å². The number of carbonyl (C=O) groups is 1. The minimum atomic E-state index is 0.0174. The number of carbonyl (C=O) groups excluding carboxylic acids is 1. The van der Waals surface area contributed by atoms with Gasteiger partial charge < -0.3 is 15.0 Å². The summed E-state index contributed by atoms with van der Waals surface area (Å²) in [7, 11) is 1.66. The van der Waals surface area contributed by atoms with Gasteiger partial charge in [-0.05, 0) is 35.7 Å². The highest BCUT2D eigenvalue weighted by Crippen LogP contribution is 2.43. The van der Waals surface area contributed by atoms with Gasteiger partial charge >= 0.3 is 0 Å². The highest BCUT2D eigenvalue weighted by molar-refractivity contribution is 6.00. The van der Waals surface area contributed by atoms with Crippen LogP contribution in [0, 0.1) is 11.8 Å². The van der Waals surface area contributed by atoms with Crippen molar-refractivity contribution in [3.8, 4) is 5.75 Å². The molecule has 3 aromatic rings. The van der Waals surface area contributed by atoms with E-state index in [0.29, 0.717) is 23.0 Å². The van der Waals surface area contributed by atoms with Gasteiger partial charge in [-0.3, -0.25) is 9.20 Å². The van der Waals surface area contributed by atoms with Gasteiger partial charge in [0, 0.05) is 31.7 Å². The Hall–Kier alpha value is -2.93. The number of likely N-dealkylation sites (tertiary alicyclic amines) is 1. The molecule has 3 atom stereocenters. The van der Waals surface area contributed by atoms with Gasteiger partial charge in [-0.15, -0.1) is 10.2 Å². The minimum Gasteiger partial charge on any atom is -0.497 e. The summed E-state index contributed by atoms with van der Waals surface area (Å²) in [6.07, 6.45) is 3.48. The summed E-state index contributed by atoms with van der Waals surface area (Å²) in [5.74, 6) is 1.73. The predicted molar refractivity (Wildman–Crippen MR) is 99.6 cm³/mol. The summed E-state index contributed by atoms with van der Waals surface area (Å²) in [5.41, 5.74) is 2.35. The van der Waals surface area contributed by atoms with E-state index >= 15 is 0 Å². The number of fused-ring (bicyclic) bond motifs is 2. The molecule has 2 aromatic heterocycles. The molecule has 1 aromatic carbocycles. The third kappa shape index (κ3) is 2.57. The van der Waals surface area contributed by atoms with Crippen molar-refractivity contribution in [2.75, 3.05) is 26.7 Å². The SMILES string of the molecule is COc1ccc([C@@H]2[C@H]3CNC[C@H]3CN2C(=O)c2cccn3cnnc23)cc1. The molecule has 2 aliphatic rings. The van der Waals surface area contributed by atoms with Crippen LogP contribution >= 0.6 is 0 Å². The summed E-state index contributed by atoms with van der Waals surface area (Å²) in [5, 5.41) is 11.6. The molecular weight excluding hydrogens is 342 g/mol. The number of pyridine rings is 1. The van der Waals surface area contributed by atoms with Crippen molar-refractivity contribution in [3.63, 3.8) is 0 Å². The van der Waals surface area contributed by atoms with Crippen LogP contribution in [0.25, 0.3) is 5.65 Å². The van der Waals surface area contributed by atoms with Crippen molar-refractivity contribution < 1.29 is 9.53 Å². The third-order valence-corrected chi connectivity index (χ3v) is 5.84. The van der Waals surface area contributed by atoms with Crippen molar-refractivity contribution in [3.05, 3.63) is 60.0 Å². The number of rotatable bonds is 3. The molecular formula is C20H21N5O2. The third-order valence-electron chi connectivity index (χ3n) is 5.84. The van der Waals surface area contributed by atoms with Gasteiger partial charge in [0.25, 0.3) is 5.91 Å². The van der Waals surface area contributed by atoms with Crippen LogP contribution in [-0.2, 0) is 0 Å². The fourth-order valence-corrected chi connectivity index (χ4v) is 4.53. The minimum absolute atomic E-state index is 0.0174. The van der Waals surface area contributed by atoms with E-state index in [1.54, 1.807) is 17.8 Å². The summed E-state index contributed by atoms with van der Waals surface area (Å²) in [6.45, 7) is 2.64. The molecule has 1 N–H and O–H groups in total. The van der Waals surface area contributed by atoms with E-state index in [0.717, 1.165) is 30.9 Å². The number of aromatic nitrogens is 3. The molecule has 27 heavy (non-hydrogen) atoms. The molecule has 0 unspecified atom stereocenters. The molecule has 4 heterocycles. The highest BCUT2D eigenvalue weighted by Gasteiger charge is 2.47. The molecule has 138 valence electrons. The summed E-state index contributed by atoms with van der Waals surface area (Å²) in [6, 6.07) is 11.8. The maximum Gasteiger partial charge on any atom is 0.258 e. The number of nitrogens with zero attached hydrogens (tertiary/aromatic N) is 4. The van der Waals surface area contributed by atoms with Crippen LogP contribution in [0.15, 0.2) is 48.9 Å². The molecule has 0 spiro atoms. The number of benzene rings is 1. The Balaban J connectivity index is 1.54. The Morgan fingerprint density at radius 2 is 2.07 bits per heavy atom. The molecule has 7 nitrogen and oxygen atoms in total. The zero-order valence-corrected chi connectivity index (χ0v) is 15.1. The van der Waals surface area contributed by atoms with Gasteiger partial charge in [0.05, 0.1) is 18.7 Å². The first kappa shape index (κ1) is 16.3. The van der Waals surface area contributed by atoms with Crippen LogP contribution in [0.5, 0.6) is 5.75 Å². The van der Waals surface area contributed by atoms with E-state index in [4.69, 9.17) is 4.74 Å². The first-order chi connectivity index (χ1) is 13.3. The van der Waals surface area contributed by atoms with Crippen molar-refractivity contribution in [2.45, 2.75) is 6.04 Å². The second-order valence-electron chi connectivity index (χ2n) is 7.24. The molecule has 0 saturated carbocycles. The maximum absolute atomic E-state index is 13.5. The average Bonchev–Trinajstić information content (AvgIpc) is 3.42. The molecule has 7 heteroatoms. The lowest BCUT2D eigenvalue weighted by molar-refractivity contribution is 0.0715. The summed E-state index contributed by atoms with van der Waals surface area (Å²) < 4.78 is 7.08. The Morgan fingerprint density at radius 3 is 2.89 bits per heavy atom. The molecule has 5 rings (SSSR count). The second kappa shape index (κ2) is 6.35. The van der Waals surface area contributed by atoms with Crippen LogP contribution in [0.3, 0.4) is 0 Å². The second-order valence-corrected chi connectivity index (χ2v) is 7.24. The molecule has 2 saturated heterocycles. The number of hydrogen-bond acceptors (Lipinski definition) is 5. The first-order valence-electron chi connectivity index (χ1n) is 9.20. The normalized spacial score (nSPS) is 24.3. The number of hydrogen-bond donors (Lipinski definition) is 1. The number of methoxy groups -OCH3 is 1. The Bertz CT molecular complexity index is 983. The largest absolute Gasteiger partial charge is 0.497 e. The fourth-order valence-electron chi connectivity index (χ4n) is 4.53. The number of ether oxygens (including phenoxy) is 1. The zero-order valence-electron chi connectivity index (χ0n) is 15.1. The van der Waals surface area contributed by atoms with Gasteiger partial charge in [-0.25, -0.2) is 0 Å². The zero-order chi connectivity index (χ0) is 18.4. The van der Waals surface area contributed by atoms with Crippen molar-refractivity contribution >= 4 is 11.6 Å². The Labute approximate surface area is 157 Å². The lowest BCUT2D eigenvalue weighted by atomic mass is 9.89. The molecule has 0 aliphatic carbocycles. The van der Waals surface area contributed by atoms with Crippen molar-refractivity contribution in [2.24, 2.45) is 11.8 Å². The molecule has 0 bridgehead atoms. The number of amides is 1. The topological polar surface area (TPSA) is 71.8 Å². The fraction of sp³-hybridized carbons (Fsp3) is 0.350. The van der Waals surface area contributed by atoms with E-state index in [9.17, 15) is 4.79 Å².